The lowest BCUT2D eigenvalue weighted by atomic mass is 9.88. The monoisotopic (exact) mass is 236 g/mol. The quantitative estimate of drug-likeness (QED) is 0.738. The highest BCUT2D eigenvalue weighted by molar-refractivity contribution is 7.99. The molecule has 1 unspecified atom stereocenters. The van der Waals surface area contributed by atoms with Crippen molar-refractivity contribution in [2.45, 2.75) is 24.7 Å². The van der Waals surface area contributed by atoms with Gasteiger partial charge in [0.15, 0.2) is 0 Å². The van der Waals surface area contributed by atoms with Crippen molar-refractivity contribution in [2.24, 2.45) is 5.92 Å². The largest absolute Gasteiger partial charge is 0.466 e. The Labute approximate surface area is 100 Å². The third-order valence-corrected chi connectivity index (χ3v) is 4.24. The van der Waals surface area contributed by atoms with Gasteiger partial charge >= 0.3 is 5.97 Å². The maximum Gasteiger partial charge on any atom is 0.313 e. The molecule has 0 saturated heterocycles. The van der Waals surface area contributed by atoms with Crippen LogP contribution in [0.5, 0.6) is 0 Å². The van der Waals surface area contributed by atoms with Gasteiger partial charge in [-0.25, -0.2) is 0 Å². The molecule has 0 aromatic heterocycles. The molecule has 1 aromatic carbocycles. The molecule has 0 spiro atoms. The highest BCUT2D eigenvalue weighted by Gasteiger charge is 2.33. The second kappa shape index (κ2) is 4.91. The Hall–Kier alpha value is -0.960. The Morgan fingerprint density at radius 1 is 1.50 bits per heavy atom. The van der Waals surface area contributed by atoms with Gasteiger partial charge in [0.25, 0.3) is 0 Å². The van der Waals surface area contributed by atoms with Gasteiger partial charge in [0.05, 0.1) is 12.5 Å². The molecule has 0 amide bonds. The number of fused-ring (bicyclic) bond motifs is 1. The number of hydrogen-bond acceptors (Lipinski definition) is 3. The maximum atomic E-state index is 11.9. The van der Waals surface area contributed by atoms with Crippen LogP contribution in [0, 0.1) is 5.92 Å². The summed E-state index contributed by atoms with van der Waals surface area (Å²) >= 11 is 1.83. The van der Waals surface area contributed by atoms with Crippen LogP contribution < -0.4 is 0 Å². The van der Waals surface area contributed by atoms with Gasteiger partial charge in [-0.05, 0) is 24.5 Å². The fourth-order valence-corrected chi connectivity index (χ4v) is 3.26. The highest BCUT2D eigenvalue weighted by atomic mass is 32.2. The molecule has 16 heavy (non-hydrogen) atoms. The maximum absolute atomic E-state index is 11.9. The number of hydrogen-bond donors (Lipinski definition) is 0. The lowest BCUT2D eigenvalue weighted by molar-refractivity contribution is -0.146. The Kier molecular flexibility index (Phi) is 3.54. The van der Waals surface area contributed by atoms with E-state index in [4.69, 9.17) is 4.74 Å². The van der Waals surface area contributed by atoms with Gasteiger partial charge in [-0.1, -0.05) is 25.1 Å². The standard InChI is InChI=1S/C13H16O2S/c1-3-15-13(14)12-9(2)8-16-11-7-5-4-6-10(11)12/h4-7,9,12H,3,8H2,1-2H3/t9?,12-/m1/s1. The number of rotatable bonds is 2. The summed E-state index contributed by atoms with van der Waals surface area (Å²) in [6.45, 7) is 4.42. The minimum Gasteiger partial charge on any atom is -0.466 e. The van der Waals surface area contributed by atoms with Crippen molar-refractivity contribution >= 4 is 17.7 Å². The fraction of sp³-hybridized carbons (Fsp3) is 0.462. The summed E-state index contributed by atoms with van der Waals surface area (Å²) in [4.78, 5) is 13.2. The van der Waals surface area contributed by atoms with Crippen LogP contribution in [0.15, 0.2) is 29.2 Å². The van der Waals surface area contributed by atoms with Crippen LogP contribution >= 0.6 is 11.8 Å². The van der Waals surface area contributed by atoms with E-state index in [0.29, 0.717) is 12.5 Å². The van der Waals surface area contributed by atoms with Crippen molar-refractivity contribution < 1.29 is 9.53 Å². The van der Waals surface area contributed by atoms with E-state index >= 15 is 0 Å². The van der Waals surface area contributed by atoms with Crippen LogP contribution in [0.4, 0.5) is 0 Å². The molecule has 0 radical (unpaired) electrons. The number of carbonyl (C=O) groups is 1. The van der Waals surface area contributed by atoms with Gasteiger partial charge in [0, 0.05) is 10.6 Å². The smallest absolute Gasteiger partial charge is 0.313 e. The first-order valence-corrected chi connectivity index (χ1v) is 6.61. The van der Waals surface area contributed by atoms with E-state index in [1.54, 1.807) is 0 Å². The van der Waals surface area contributed by atoms with E-state index in [2.05, 4.69) is 13.0 Å². The van der Waals surface area contributed by atoms with E-state index in [0.717, 1.165) is 11.3 Å². The van der Waals surface area contributed by atoms with Crippen LogP contribution in [-0.2, 0) is 9.53 Å². The molecule has 2 atom stereocenters. The van der Waals surface area contributed by atoms with Gasteiger partial charge in [0.2, 0.25) is 0 Å². The predicted octanol–water partition coefficient (Wildman–Crippen LogP) is 3.08. The lowest BCUT2D eigenvalue weighted by Gasteiger charge is -2.28. The summed E-state index contributed by atoms with van der Waals surface area (Å²) in [5, 5.41) is 0. The minimum atomic E-state index is -0.0857. The Balaban J connectivity index is 2.33. The van der Waals surface area contributed by atoms with Crippen molar-refractivity contribution in [1.29, 1.82) is 0 Å². The number of esters is 1. The summed E-state index contributed by atoms with van der Waals surface area (Å²) < 4.78 is 5.16. The summed E-state index contributed by atoms with van der Waals surface area (Å²) in [7, 11) is 0. The Morgan fingerprint density at radius 3 is 3.00 bits per heavy atom. The molecule has 2 rings (SSSR count). The van der Waals surface area contributed by atoms with Crippen LogP contribution in [0.25, 0.3) is 0 Å². The van der Waals surface area contributed by atoms with Crippen LogP contribution in [0.3, 0.4) is 0 Å². The lowest BCUT2D eigenvalue weighted by Crippen LogP contribution is -2.26. The van der Waals surface area contributed by atoms with E-state index in [9.17, 15) is 4.79 Å². The first-order valence-electron chi connectivity index (χ1n) is 5.62. The summed E-state index contributed by atoms with van der Waals surface area (Å²) in [5.74, 6) is 1.17. The molecular weight excluding hydrogens is 220 g/mol. The molecule has 0 saturated carbocycles. The molecule has 1 aromatic rings. The summed E-state index contributed by atoms with van der Waals surface area (Å²) in [5.41, 5.74) is 1.13. The van der Waals surface area contributed by atoms with Gasteiger partial charge in [-0.2, -0.15) is 0 Å². The normalized spacial score (nSPS) is 23.6. The van der Waals surface area contributed by atoms with Gasteiger partial charge in [-0.15, -0.1) is 11.8 Å². The highest BCUT2D eigenvalue weighted by Crippen LogP contribution is 2.41. The second-order valence-corrected chi connectivity index (χ2v) is 5.12. The average Bonchev–Trinajstić information content (AvgIpc) is 2.29. The van der Waals surface area contributed by atoms with Crippen LogP contribution in [-0.4, -0.2) is 18.3 Å². The predicted molar refractivity (Wildman–Crippen MR) is 65.7 cm³/mol. The first-order chi connectivity index (χ1) is 7.74. The zero-order chi connectivity index (χ0) is 11.5. The molecule has 2 nitrogen and oxygen atoms in total. The van der Waals surface area contributed by atoms with Crippen molar-refractivity contribution in [2.75, 3.05) is 12.4 Å². The molecule has 1 aliphatic heterocycles. The molecule has 86 valence electrons. The zero-order valence-electron chi connectivity index (χ0n) is 9.60. The first kappa shape index (κ1) is 11.5. The number of carbonyl (C=O) groups excluding carboxylic acids is 1. The van der Waals surface area contributed by atoms with E-state index < -0.39 is 0 Å². The van der Waals surface area contributed by atoms with E-state index in [-0.39, 0.29) is 11.9 Å². The van der Waals surface area contributed by atoms with Crippen molar-refractivity contribution in [1.82, 2.24) is 0 Å². The average molecular weight is 236 g/mol. The van der Waals surface area contributed by atoms with Crippen molar-refractivity contribution in [3.63, 3.8) is 0 Å². The molecule has 1 heterocycles. The topological polar surface area (TPSA) is 26.3 Å². The zero-order valence-corrected chi connectivity index (χ0v) is 10.4. The van der Waals surface area contributed by atoms with E-state index in [1.165, 1.54) is 4.90 Å². The third kappa shape index (κ3) is 2.09. The number of thioether (sulfide) groups is 1. The van der Waals surface area contributed by atoms with Gasteiger partial charge in [0.1, 0.15) is 0 Å². The minimum absolute atomic E-state index is 0.0808. The van der Waals surface area contributed by atoms with Crippen LogP contribution in [0.2, 0.25) is 0 Å². The van der Waals surface area contributed by atoms with Crippen LogP contribution in [0.1, 0.15) is 25.3 Å². The second-order valence-electron chi connectivity index (χ2n) is 4.06. The summed E-state index contributed by atoms with van der Waals surface area (Å²) in [6, 6.07) is 8.13. The summed E-state index contributed by atoms with van der Waals surface area (Å²) in [6.07, 6.45) is 0. The molecular formula is C13H16O2S. The molecule has 1 aliphatic rings. The SMILES string of the molecule is CCOC(=O)[C@H]1c2ccccc2SCC1C. The molecule has 0 fully saturated rings. The number of ether oxygens (including phenoxy) is 1. The molecule has 0 N–H and O–H groups in total. The van der Waals surface area contributed by atoms with Crippen molar-refractivity contribution in [3.05, 3.63) is 29.8 Å². The fourth-order valence-electron chi connectivity index (χ4n) is 2.08. The van der Waals surface area contributed by atoms with E-state index in [1.807, 2.05) is 36.9 Å². The van der Waals surface area contributed by atoms with Gasteiger partial charge < -0.3 is 4.74 Å². The molecule has 0 bridgehead atoms. The molecule has 0 aliphatic carbocycles. The third-order valence-electron chi connectivity index (χ3n) is 2.87. The Morgan fingerprint density at radius 2 is 2.25 bits per heavy atom. The Bertz CT molecular complexity index is 389. The van der Waals surface area contributed by atoms with Crippen molar-refractivity contribution in [3.8, 4) is 0 Å². The van der Waals surface area contributed by atoms with Gasteiger partial charge in [-0.3, -0.25) is 4.79 Å². The number of benzene rings is 1. The molecule has 3 heteroatoms.